The van der Waals surface area contributed by atoms with Crippen LogP contribution in [0, 0.1) is 5.92 Å². The highest BCUT2D eigenvalue weighted by Gasteiger charge is 2.41. The topological polar surface area (TPSA) is 123 Å². The summed E-state index contributed by atoms with van der Waals surface area (Å²) in [6, 6.07) is 7.07. The summed E-state index contributed by atoms with van der Waals surface area (Å²) in [7, 11) is 2.18. The lowest BCUT2D eigenvalue weighted by Crippen LogP contribution is -2.51. The third-order valence-corrected chi connectivity index (χ3v) is 6.01. The van der Waals surface area contributed by atoms with Gasteiger partial charge < -0.3 is 25.4 Å². The maximum atomic E-state index is 12.5. The quantitative estimate of drug-likeness (QED) is 0.544. The number of H-pyrrole nitrogens is 1. The Morgan fingerprint density at radius 3 is 2.58 bits per heavy atom. The van der Waals surface area contributed by atoms with Gasteiger partial charge in [0.1, 0.15) is 0 Å². The van der Waals surface area contributed by atoms with E-state index in [1.165, 1.54) is 22.0 Å². The minimum atomic E-state index is -1.26. The van der Waals surface area contributed by atoms with Crippen molar-refractivity contribution in [1.29, 1.82) is 0 Å². The Balaban J connectivity index is 0.000000293. The summed E-state index contributed by atoms with van der Waals surface area (Å²) < 4.78 is 0. The first kappa shape index (κ1) is 22.6. The van der Waals surface area contributed by atoms with Crippen LogP contribution in [-0.2, 0) is 20.8 Å². The van der Waals surface area contributed by atoms with Gasteiger partial charge in [0, 0.05) is 54.3 Å². The SMILES string of the molecule is CCCNC(=O)C1C[C@@H]2c3cccc4[nH]cc(c34)C[C@H]2N(C)C1.O=C(O)/C=C\C(=O)O. The minimum absolute atomic E-state index is 0.101. The van der Waals surface area contributed by atoms with Crippen LogP contribution < -0.4 is 5.32 Å². The molecule has 2 heterocycles. The van der Waals surface area contributed by atoms with Crippen LogP contribution in [0.5, 0.6) is 0 Å². The first-order chi connectivity index (χ1) is 14.8. The van der Waals surface area contributed by atoms with Crippen molar-refractivity contribution < 1.29 is 24.6 Å². The van der Waals surface area contributed by atoms with Crippen molar-refractivity contribution >= 4 is 28.7 Å². The number of carboxylic acid groups (broad SMARTS) is 2. The van der Waals surface area contributed by atoms with Gasteiger partial charge in [-0.2, -0.15) is 0 Å². The van der Waals surface area contributed by atoms with Crippen molar-refractivity contribution in [2.45, 2.75) is 38.1 Å². The van der Waals surface area contributed by atoms with Gasteiger partial charge in [-0.15, -0.1) is 0 Å². The molecule has 1 saturated heterocycles. The predicted octanol–water partition coefficient (Wildman–Crippen LogP) is 2.37. The number of carbonyl (C=O) groups is 3. The van der Waals surface area contributed by atoms with Crippen molar-refractivity contribution in [2.75, 3.05) is 20.1 Å². The van der Waals surface area contributed by atoms with Crippen molar-refractivity contribution in [3.63, 3.8) is 0 Å². The molecular weight excluding hydrogens is 398 g/mol. The average Bonchev–Trinajstić information content (AvgIpc) is 3.16. The molecule has 166 valence electrons. The zero-order chi connectivity index (χ0) is 22.5. The number of fused-ring (bicyclic) bond motifs is 2. The van der Waals surface area contributed by atoms with Crippen molar-refractivity contribution in [1.82, 2.24) is 15.2 Å². The van der Waals surface area contributed by atoms with Gasteiger partial charge in [-0.1, -0.05) is 19.1 Å². The van der Waals surface area contributed by atoms with Crippen LogP contribution in [0.2, 0.25) is 0 Å². The Kier molecular flexibility index (Phi) is 7.12. The number of rotatable bonds is 5. The van der Waals surface area contributed by atoms with E-state index in [4.69, 9.17) is 10.2 Å². The number of carbonyl (C=O) groups excluding carboxylic acids is 1. The molecule has 8 nitrogen and oxygen atoms in total. The number of carboxylic acids is 2. The summed E-state index contributed by atoms with van der Waals surface area (Å²) >= 11 is 0. The Labute approximate surface area is 180 Å². The molecule has 0 saturated carbocycles. The van der Waals surface area contributed by atoms with E-state index in [1.807, 2.05) is 0 Å². The maximum absolute atomic E-state index is 12.5. The molecule has 3 atom stereocenters. The van der Waals surface area contributed by atoms with Crippen LogP contribution in [0.4, 0.5) is 0 Å². The van der Waals surface area contributed by atoms with Gasteiger partial charge >= 0.3 is 11.9 Å². The molecular formula is C23H29N3O5. The van der Waals surface area contributed by atoms with E-state index in [2.05, 4.69) is 53.6 Å². The Bertz CT molecular complexity index is 980. The first-order valence-electron chi connectivity index (χ1n) is 10.5. The minimum Gasteiger partial charge on any atom is -0.478 e. The van der Waals surface area contributed by atoms with Crippen LogP contribution in [0.3, 0.4) is 0 Å². The Morgan fingerprint density at radius 1 is 1.23 bits per heavy atom. The number of hydrogen-bond donors (Lipinski definition) is 4. The molecule has 1 aromatic carbocycles. The molecule has 0 spiro atoms. The third kappa shape index (κ3) is 5.14. The highest BCUT2D eigenvalue weighted by Crippen LogP contribution is 2.44. The van der Waals surface area contributed by atoms with E-state index >= 15 is 0 Å². The van der Waals surface area contributed by atoms with Crippen molar-refractivity contribution in [3.05, 3.63) is 47.7 Å². The second-order valence-corrected chi connectivity index (χ2v) is 8.13. The Hall–Kier alpha value is -3.13. The van der Waals surface area contributed by atoms with Gasteiger partial charge in [-0.3, -0.25) is 4.79 Å². The van der Waals surface area contributed by atoms with Crippen molar-refractivity contribution in [3.8, 4) is 0 Å². The zero-order valence-corrected chi connectivity index (χ0v) is 17.8. The molecule has 1 amide bonds. The lowest BCUT2D eigenvalue weighted by Gasteiger charge is -2.45. The number of hydrogen-bond acceptors (Lipinski definition) is 4. The summed E-state index contributed by atoms with van der Waals surface area (Å²) in [5.74, 6) is -1.73. The number of aromatic nitrogens is 1. The molecule has 1 fully saturated rings. The molecule has 1 aliphatic carbocycles. The van der Waals surface area contributed by atoms with E-state index in [1.54, 1.807) is 0 Å². The lowest BCUT2D eigenvalue weighted by atomic mass is 9.72. The number of benzene rings is 1. The molecule has 0 radical (unpaired) electrons. The highest BCUT2D eigenvalue weighted by atomic mass is 16.4. The van der Waals surface area contributed by atoms with Crippen molar-refractivity contribution in [2.24, 2.45) is 5.92 Å². The predicted molar refractivity (Wildman–Crippen MR) is 117 cm³/mol. The number of nitrogens with zero attached hydrogens (tertiary/aromatic N) is 1. The number of piperidine rings is 1. The van der Waals surface area contributed by atoms with E-state index < -0.39 is 11.9 Å². The number of nitrogens with one attached hydrogen (secondary N) is 2. The number of likely N-dealkylation sites (N-methyl/N-ethyl adjacent to an activating group) is 1. The molecule has 2 aliphatic rings. The smallest absolute Gasteiger partial charge is 0.328 e. The molecule has 1 aliphatic heterocycles. The zero-order valence-electron chi connectivity index (χ0n) is 17.8. The number of aliphatic carboxylic acids is 2. The van der Waals surface area contributed by atoms with Gasteiger partial charge in [0.25, 0.3) is 0 Å². The molecule has 1 unspecified atom stereocenters. The third-order valence-electron chi connectivity index (χ3n) is 6.01. The normalized spacial score (nSPS) is 22.5. The molecule has 4 N–H and O–H groups in total. The largest absolute Gasteiger partial charge is 0.478 e. The summed E-state index contributed by atoms with van der Waals surface area (Å²) in [6.45, 7) is 3.75. The fraction of sp³-hybridized carbons (Fsp3) is 0.435. The van der Waals surface area contributed by atoms with E-state index in [-0.39, 0.29) is 11.8 Å². The van der Waals surface area contributed by atoms with Crippen LogP contribution in [-0.4, -0.2) is 64.1 Å². The molecule has 0 bridgehead atoms. The molecule has 4 rings (SSSR count). The van der Waals surface area contributed by atoms with E-state index in [0.717, 1.165) is 32.4 Å². The summed E-state index contributed by atoms with van der Waals surface area (Å²) in [4.78, 5) is 37.4. The number of likely N-dealkylation sites (tertiary alicyclic amines) is 1. The second-order valence-electron chi connectivity index (χ2n) is 8.13. The molecule has 2 aromatic rings. The van der Waals surface area contributed by atoms with E-state index in [9.17, 15) is 14.4 Å². The summed E-state index contributed by atoms with van der Waals surface area (Å²) in [6.07, 6.45) is 6.32. The second kappa shape index (κ2) is 9.78. The fourth-order valence-corrected chi connectivity index (χ4v) is 4.67. The van der Waals surface area contributed by atoms with Crippen LogP contribution in [0.25, 0.3) is 10.9 Å². The first-order valence-corrected chi connectivity index (χ1v) is 10.5. The molecule has 8 heteroatoms. The van der Waals surface area contributed by atoms with Gasteiger partial charge in [-0.25, -0.2) is 9.59 Å². The maximum Gasteiger partial charge on any atom is 0.328 e. The van der Waals surface area contributed by atoms with Crippen LogP contribution in [0.15, 0.2) is 36.5 Å². The average molecular weight is 428 g/mol. The molecule has 1 aromatic heterocycles. The summed E-state index contributed by atoms with van der Waals surface area (Å²) in [5.41, 5.74) is 4.09. The van der Waals surface area contributed by atoms with Crippen LogP contribution >= 0.6 is 0 Å². The fourth-order valence-electron chi connectivity index (χ4n) is 4.67. The van der Waals surface area contributed by atoms with Gasteiger partial charge in [0.15, 0.2) is 0 Å². The van der Waals surface area contributed by atoms with Gasteiger partial charge in [0.2, 0.25) is 5.91 Å². The number of aromatic amines is 1. The monoisotopic (exact) mass is 427 g/mol. The van der Waals surface area contributed by atoms with Gasteiger partial charge in [-0.05, 0) is 43.5 Å². The van der Waals surface area contributed by atoms with E-state index in [0.29, 0.717) is 24.1 Å². The molecule has 31 heavy (non-hydrogen) atoms. The Morgan fingerprint density at radius 2 is 1.94 bits per heavy atom. The number of amides is 1. The highest BCUT2D eigenvalue weighted by molar-refractivity contribution is 5.90. The van der Waals surface area contributed by atoms with Gasteiger partial charge in [0.05, 0.1) is 5.92 Å². The lowest BCUT2D eigenvalue weighted by molar-refractivity contribution is -0.134. The van der Waals surface area contributed by atoms with Crippen LogP contribution in [0.1, 0.15) is 36.8 Å². The summed E-state index contributed by atoms with van der Waals surface area (Å²) in [5, 5.41) is 20.1. The standard InChI is InChI=1S/C19H25N3O.C4H4O4/c1-3-7-20-19(23)13-8-15-14-5-4-6-16-18(14)12(10-21-16)9-17(15)22(2)11-13;5-3(6)1-2-4(7)8/h4-6,10,13,15,17,21H,3,7-9,11H2,1-2H3,(H,20,23);1-2H,(H,5,6)(H,7,8)/b;2-1-/t13?,15-,17-;/m1./s1.